The zero-order valence-electron chi connectivity index (χ0n) is 7.73. The van der Waals surface area contributed by atoms with Crippen LogP contribution in [0.2, 0.25) is 0 Å². The molecule has 4 heteroatoms. The molecule has 0 spiro atoms. The predicted molar refractivity (Wildman–Crippen MR) is 45.7 cm³/mol. The van der Waals surface area contributed by atoms with Gasteiger partial charge in [0.1, 0.15) is 5.69 Å². The highest BCUT2D eigenvalue weighted by atomic mass is 16.3. The zero-order valence-corrected chi connectivity index (χ0v) is 7.73. The first-order valence-corrected chi connectivity index (χ1v) is 4.25. The molecular formula is C8H15N3O. The van der Waals surface area contributed by atoms with Crippen LogP contribution in [-0.2, 0) is 0 Å². The summed E-state index contributed by atoms with van der Waals surface area (Å²) in [5, 5.41) is 16.9. The molecule has 0 saturated carbocycles. The van der Waals surface area contributed by atoms with Crippen LogP contribution in [0.1, 0.15) is 45.0 Å². The molecule has 2 unspecified atom stereocenters. The summed E-state index contributed by atoms with van der Waals surface area (Å²) in [6, 6.07) is 0.352. The summed E-state index contributed by atoms with van der Waals surface area (Å²) in [4.78, 5) is 0. The van der Waals surface area contributed by atoms with Crippen LogP contribution in [0.5, 0.6) is 0 Å². The van der Waals surface area contributed by atoms with Gasteiger partial charge in [-0.1, -0.05) is 12.1 Å². The average molecular weight is 169 g/mol. The Morgan fingerprint density at radius 2 is 2.25 bits per heavy atom. The molecule has 0 aliphatic carbocycles. The molecule has 0 aliphatic heterocycles. The Labute approximate surface area is 72.2 Å². The van der Waals surface area contributed by atoms with E-state index in [0.29, 0.717) is 11.7 Å². The number of aliphatic hydroxyl groups is 1. The van der Waals surface area contributed by atoms with E-state index in [1.165, 1.54) is 0 Å². The van der Waals surface area contributed by atoms with E-state index in [-0.39, 0.29) is 0 Å². The van der Waals surface area contributed by atoms with Gasteiger partial charge in [-0.25, -0.2) is 4.68 Å². The Morgan fingerprint density at radius 1 is 1.58 bits per heavy atom. The second-order valence-electron chi connectivity index (χ2n) is 3.06. The Balaban J connectivity index is 2.77. The van der Waals surface area contributed by atoms with Crippen LogP contribution in [0.3, 0.4) is 0 Å². The number of aromatic nitrogens is 3. The van der Waals surface area contributed by atoms with E-state index in [0.717, 1.165) is 6.42 Å². The second-order valence-corrected chi connectivity index (χ2v) is 3.06. The fourth-order valence-corrected chi connectivity index (χ4v) is 0.884. The number of nitrogens with zero attached hydrogens (tertiary/aromatic N) is 3. The number of hydrogen-bond donors (Lipinski definition) is 1. The summed E-state index contributed by atoms with van der Waals surface area (Å²) in [5.41, 5.74) is 0.635. The van der Waals surface area contributed by atoms with Crippen LogP contribution in [0.15, 0.2) is 6.20 Å². The van der Waals surface area contributed by atoms with Crippen LogP contribution in [0.25, 0.3) is 0 Å². The highest BCUT2D eigenvalue weighted by Gasteiger charge is 2.08. The molecule has 2 atom stereocenters. The number of hydrogen-bond acceptors (Lipinski definition) is 3. The maximum atomic E-state index is 9.18. The zero-order chi connectivity index (χ0) is 9.14. The van der Waals surface area contributed by atoms with Crippen LogP contribution >= 0.6 is 0 Å². The molecule has 12 heavy (non-hydrogen) atoms. The van der Waals surface area contributed by atoms with Crippen molar-refractivity contribution in [2.24, 2.45) is 0 Å². The van der Waals surface area contributed by atoms with Gasteiger partial charge in [0, 0.05) is 0 Å². The van der Waals surface area contributed by atoms with Crippen molar-refractivity contribution in [1.29, 1.82) is 0 Å². The predicted octanol–water partition coefficient (Wildman–Crippen LogP) is 1.30. The summed E-state index contributed by atoms with van der Waals surface area (Å²) >= 11 is 0. The molecule has 1 aromatic heterocycles. The van der Waals surface area contributed by atoms with Gasteiger partial charge in [0.25, 0.3) is 0 Å². The van der Waals surface area contributed by atoms with E-state index in [1.54, 1.807) is 17.8 Å². The maximum Gasteiger partial charge on any atom is 0.111 e. The normalized spacial score (nSPS) is 16.0. The lowest BCUT2D eigenvalue weighted by Gasteiger charge is -2.06. The largest absolute Gasteiger partial charge is 0.387 e. The van der Waals surface area contributed by atoms with E-state index >= 15 is 0 Å². The minimum absolute atomic E-state index is 0.352. The average Bonchev–Trinajstić information content (AvgIpc) is 2.51. The first kappa shape index (κ1) is 9.19. The smallest absolute Gasteiger partial charge is 0.111 e. The van der Waals surface area contributed by atoms with E-state index in [2.05, 4.69) is 24.2 Å². The first-order valence-electron chi connectivity index (χ1n) is 4.25. The molecule has 0 amide bonds. The summed E-state index contributed by atoms with van der Waals surface area (Å²) in [5.74, 6) is 0. The quantitative estimate of drug-likeness (QED) is 0.742. The number of rotatable bonds is 3. The van der Waals surface area contributed by atoms with Crippen molar-refractivity contribution >= 4 is 0 Å². The maximum absolute atomic E-state index is 9.18. The van der Waals surface area contributed by atoms with Gasteiger partial charge in [0.05, 0.1) is 18.3 Å². The van der Waals surface area contributed by atoms with Gasteiger partial charge < -0.3 is 5.11 Å². The van der Waals surface area contributed by atoms with E-state index in [4.69, 9.17) is 0 Å². The standard InChI is InChI=1S/C8H15N3O/c1-4-6(2)11-5-8(7(3)12)9-10-11/h5-7,12H,4H2,1-3H3. The van der Waals surface area contributed by atoms with Gasteiger partial charge in [-0.05, 0) is 20.3 Å². The van der Waals surface area contributed by atoms with Gasteiger partial charge >= 0.3 is 0 Å². The molecule has 0 saturated heterocycles. The summed E-state index contributed by atoms with van der Waals surface area (Å²) < 4.78 is 1.78. The van der Waals surface area contributed by atoms with Crippen molar-refractivity contribution in [3.8, 4) is 0 Å². The van der Waals surface area contributed by atoms with E-state index in [9.17, 15) is 5.11 Å². The fourth-order valence-electron chi connectivity index (χ4n) is 0.884. The lowest BCUT2D eigenvalue weighted by molar-refractivity contribution is 0.194. The van der Waals surface area contributed by atoms with Crippen molar-refractivity contribution in [3.05, 3.63) is 11.9 Å². The minimum atomic E-state index is -0.525. The van der Waals surface area contributed by atoms with Gasteiger partial charge in [0.15, 0.2) is 0 Å². The minimum Gasteiger partial charge on any atom is -0.387 e. The van der Waals surface area contributed by atoms with Crippen molar-refractivity contribution in [2.45, 2.75) is 39.3 Å². The molecule has 0 aliphatic rings. The van der Waals surface area contributed by atoms with Gasteiger partial charge in [-0.15, -0.1) is 5.10 Å². The molecule has 4 nitrogen and oxygen atoms in total. The Bertz CT molecular complexity index is 244. The summed E-state index contributed by atoms with van der Waals surface area (Å²) in [6.45, 7) is 5.85. The molecule has 0 bridgehead atoms. The highest BCUT2D eigenvalue weighted by Crippen LogP contribution is 2.12. The molecule has 0 fully saturated rings. The van der Waals surface area contributed by atoms with Crippen molar-refractivity contribution in [2.75, 3.05) is 0 Å². The first-order chi connectivity index (χ1) is 5.65. The molecule has 1 N–H and O–H groups in total. The third-order valence-corrected chi connectivity index (χ3v) is 2.00. The Morgan fingerprint density at radius 3 is 2.67 bits per heavy atom. The molecular weight excluding hydrogens is 154 g/mol. The van der Waals surface area contributed by atoms with Gasteiger partial charge in [-0.3, -0.25) is 0 Å². The molecule has 0 aromatic carbocycles. The molecule has 1 heterocycles. The van der Waals surface area contributed by atoms with Gasteiger partial charge in [0.2, 0.25) is 0 Å². The highest BCUT2D eigenvalue weighted by molar-refractivity contribution is 4.96. The van der Waals surface area contributed by atoms with Crippen LogP contribution in [0, 0.1) is 0 Å². The molecule has 1 aromatic rings. The summed E-state index contributed by atoms with van der Waals surface area (Å²) in [6.07, 6.45) is 2.28. The Kier molecular flexibility index (Phi) is 2.81. The monoisotopic (exact) mass is 169 g/mol. The SMILES string of the molecule is CCC(C)n1cc(C(C)O)nn1. The van der Waals surface area contributed by atoms with E-state index < -0.39 is 6.10 Å². The van der Waals surface area contributed by atoms with E-state index in [1.807, 2.05) is 0 Å². The second kappa shape index (κ2) is 3.67. The molecule has 0 radical (unpaired) electrons. The summed E-state index contributed by atoms with van der Waals surface area (Å²) in [7, 11) is 0. The Hall–Kier alpha value is -0.900. The third kappa shape index (κ3) is 1.82. The fraction of sp³-hybridized carbons (Fsp3) is 0.750. The number of aliphatic hydroxyl groups excluding tert-OH is 1. The van der Waals surface area contributed by atoms with Crippen molar-refractivity contribution in [3.63, 3.8) is 0 Å². The molecule has 1 rings (SSSR count). The third-order valence-electron chi connectivity index (χ3n) is 2.00. The van der Waals surface area contributed by atoms with Crippen molar-refractivity contribution < 1.29 is 5.11 Å². The molecule has 68 valence electrons. The lowest BCUT2D eigenvalue weighted by Crippen LogP contribution is -2.04. The lowest BCUT2D eigenvalue weighted by atomic mass is 10.2. The van der Waals surface area contributed by atoms with Crippen LogP contribution in [0.4, 0.5) is 0 Å². The van der Waals surface area contributed by atoms with Crippen LogP contribution in [-0.4, -0.2) is 20.1 Å². The van der Waals surface area contributed by atoms with Crippen molar-refractivity contribution in [1.82, 2.24) is 15.0 Å². The van der Waals surface area contributed by atoms with Crippen LogP contribution < -0.4 is 0 Å². The van der Waals surface area contributed by atoms with Gasteiger partial charge in [-0.2, -0.15) is 0 Å². The topological polar surface area (TPSA) is 50.9 Å².